The van der Waals surface area contributed by atoms with Crippen LogP contribution in [0.4, 0.5) is 5.69 Å². The third-order valence-electron chi connectivity index (χ3n) is 3.86. The second kappa shape index (κ2) is 9.48. The molecule has 0 aliphatic rings. The van der Waals surface area contributed by atoms with E-state index in [1.54, 1.807) is 24.3 Å². The van der Waals surface area contributed by atoms with Crippen LogP contribution < -0.4 is 10.2 Å². The molecule has 1 aromatic heterocycles. The molecule has 0 aliphatic carbocycles. The van der Waals surface area contributed by atoms with E-state index in [0.29, 0.717) is 17.9 Å². The summed E-state index contributed by atoms with van der Waals surface area (Å²) >= 11 is 0. The predicted molar refractivity (Wildman–Crippen MR) is 93.6 cm³/mol. The van der Waals surface area contributed by atoms with E-state index in [0.717, 1.165) is 19.6 Å². The summed E-state index contributed by atoms with van der Waals surface area (Å²) < 4.78 is 5.29. The lowest BCUT2D eigenvalue weighted by Crippen LogP contribution is -3.11. The fourth-order valence-electron chi connectivity index (χ4n) is 2.28. The summed E-state index contributed by atoms with van der Waals surface area (Å²) in [6, 6.07) is 6.55. The number of rotatable bonds is 8. The highest BCUT2D eigenvalue weighted by Gasteiger charge is 2.11. The Morgan fingerprint density at radius 3 is 2.44 bits per heavy atom. The van der Waals surface area contributed by atoms with Crippen LogP contribution in [0.2, 0.25) is 0 Å². The summed E-state index contributed by atoms with van der Waals surface area (Å²) in [5, 5.41) is 2.70. The van der Waals surface area contributed by atoms with Gasteiger partial charge in [0.1, 0.15) is 18.8 Å². The van der Waals surface area contributed by atoms with Crippen molar-refractivity contribution in [3.05, 3.63) is 54.1 Å². The smallest absolute Gasteiger partial charge is 0.338 e. The molecule has 25 heavy (non-hydrogen) atoms. The average Bonchev–Trinajstić information content (AvgIpc) is 2.66. The third-order valence-corrected chi connectivity index (χ3v) is 3.86. The normalized spacial score (nSPS) is 10.5. The van der Waals surface area contributed by atoms with E-state index in [1.165, 1.54) is 23.5 Å². The molecule has 7 heteroatoms. The molecule has 2 rings (SSSR count). The van der Waals surface area contributed by atoms with Crippen molar-refractivity contribution in [2.45, 2.75) is 13.8 Å². The Morgan fingerprint density at radius 1 is 1.12 bits per heavy atom. The number of benzene rings is 1. The topological polar surface area (TPSA) is 85.6 Å². The molecule has 0 aliphatic heterocycles. The van der Waals surface area contributed by atoms with Crippen LogP contribution in [-0.4, -0.2) is 48.1 Å². The van der Waals surface area contributed by atoms with Crippen LogP contribution in [0.15, 0.2) is 42.9 Å². The van der Waals surface area contributed by atoms with Gasteiger partial charge < -0.3 is 15.0 Å². The van der Waals surface area contributed by atoms with Crippen LogP contribution in [0, 0.1) is 0 Å². The zero-order valence-electron chi connectivity index (χ0n) is 14.5. The summed E-state index contributed by atoms with van der Waals surface area (Å²) in [4.78, 5) is 33.2. The maximum atomic E-state index is 12.0. The van der Waals surface area contributed by atoms with E-state index in [-0.39, 0.29) is 17.6 Å². The number of anilines is 1. The van der Waals surface area contributed by atoms with Gasteiger partial charge in [0.05, 0.1) is 24.8 Å². The molecule has 0 atom stereocenters. The minimum atomic E-state index is -0.363. The van der Waals surface area contributed by atoms with E-state index in [2.05, 4.69) is 29.1 Å². The largest absolute Gasteiger partial charge is 0.456 e. The highest BCUT2D eigenvalue weighted by atomic mass is 16.5. The van der Waals surface area contributed by atoms with E-state index < -0.39 is 0 Å². The van der Waals surface area contributed by atoms with Gasteiger partial charge in [-0.3, -0.25) is 9.78 Å². The summed E-state index contributed by atoms with van der Waals surface area (Å²) in [5.41, 5.74) is 1.25. The van der Waals surface area contributed by atoms with E-state index in [4.69, 9.17) is 4.74 Å². The van der Waals surface area contributed by atoms with Crippen molar-refractivity contribution in [1.82, 2.24) is 9.97 Å². The molecular formula is C18H23N4O3+. The van der Waals surface area contributed by atoms with Crippen molar-refractivity contribution in [2.75, 3.05) is 31.6 Å². The van der Waals surface area contributed by atoms with Gasteiger partial charge in [0.2, 0.25) is 0 Å². The number of amides is 1. The van der Waals surface area contributed by atoms with Crippen molar-refractivity contribution >= 4 is 17.6 Å². The van der Waals surface area contributed by atoms with Crippen LogP contribution in [0.1, 0.15) is 34.7 Å². The number of ether oxygens (including phenoxy) is 1. The maximum Gasteiger partial charge on any atom is 0.338 e. The Hall–Kier alpha value is -2.80. The second-order valence-corrected chi connectivity index (χ2v) is 5.47. The molecule has 2 aromatic rings. The first-order valence-corrected chi connectivity index (χ1v) is 8.32. The Balaban J connectivity index is 1.86. The Morgan fingerprint density at radius 2 is 1.84 bits per heavy atom. The molecule has 0 fully saturated rings. The van der Waals surface area contributed by atoms with Crippen LogP contribution in [0.3, 0.4) is 0 Å². The SMILES string of the molecule is CC[NH+](CC)CCOC(=O)c1ccc(NC(=O)c2cnccn2)cc1. The van der Waals surface area contributed by atoms with Crippen molar-refractivity contribution in [2.24, 2.45) is 0 Å². The quantitative estimate of drug-likeness (QED) is 0.693. The molecular weight excluding hydrogens is 320 g/mol. The minimum Gasteiger partial charge on any atom is -0.456 e. The van der Waals surface area contributed by atoms with Gasteiger partial charge >= 0.3 is 5.97 Å². The van der Waals surface area contributed by atoms with Crippen molar-refractivity contribution in [3.63, 3.8) is 0 Å². The minimum absolute atomic E-state index is 0.227. The number of carbonyl (C=O) groups is 2. The third kappa shape index (κ3) is 5.65. The lowest BCUT2D eigenvalue weighted by atomic mass is 10.2. The van der Waals surface area contributed by atoms with Gasteiger partial charge in [0.15, 0.2) is 0 Å². The number of likely N-dealkylation sites (N-methyl/N-ethyl adjacent to an activating group) is 1. The molecule has 1 heterocycles. The monoisotopic (exact) mass is 343 g/mol. The first kappa shape index (κ1) is 18.5. The van der Waals surface area contributed by atoms with Crippen molar-refractivity contribution in [3.8, 4) is 0 Å². The highest BCUT2D eigenvalue weighted by Crippen LogP contribution is 2.11. The molecule has 7 nitrogen and oxygen atoms in total. The van der Waals surface area contributed by atoms with Gasteiger partial charge in [-0.1, -0.05) is 0 Å². The lowest BCUT2D eigenvalue weighted by molar-refractivity contribution is -0.896. The van der Waals surface area contributed by atoms with E-state index >= 15 is 0 Å². The molecule has 132 valence electrons. The maximum absolute atomic E-state index is 12.0. The fourth-order valence-corrected chi connectivity index (χ4v) is 2.28. The molecule has 0 radical (unpaired) electrons. The molecule has 0 bridgehead atoms. The number of nitrogens with one attached hydrogen (secondary N) is 2. The van der Waals surface area contributed by atoms with Crippen LogP contribution >= 0.6 is 0 Å². The van der Waals surface area contributed by atoms with Crippen LogP contribution in [0.25, 0.3) is 0 Å². The molecule has 0 saturated heterocycles. The van der Waals surface area contributed by atoms with Gasteiger partial charge in [0.25, 0.3) is 5.91 Å². The first-order valence-electron chi connectivity index (χ1n) is 8.32. The van der Waals surface area contributed by atoms with Gasteiger partial charge in [-0.2, -0.15) is 0 Å². The molecule has 0 saturated carbocycles. The molecule has 1 amide bonds. The summed E-state index contributed by atoms with van der Waals surface area (Å²) in [5.74, 6) is -0.719. The number of quaternary nitrogens is 1. The Labute approximate surface area is 147 Å². The fraction of sp³-hybridized carbons (Fsp3) is 0.333. The number of esters is 1. The first-order chi connectivity index (χ1) is 12.1. The van der Waals surface area contributed by atoms with Crippen molar-refractivity contribution < 1.29 is 19.2 Å². The van der Waals surface area contributed by atoms with E-state index in [1.807, 2.05) is 0 Å². The zero-order chi connectivity index (χ0) is 18.1. The van der Waals surface area contributed by atoms with E-state index in [9.17, 15) is 9.59 Å². The van der Waals surface area contributed by atoms with Crippen LogP contribution in [-0.2, 0) is 4.74 Å². The van der Waals surface area contributed by atoms with Gasteiger partial charge in [0, 0.05) is 18.1 Å². The predicted octanol–water partition coefficient (Wildman–Crippen LogP) is 0.810. The number of aromatic nitrogens is 2. The standard InChI is InChI=1S/C18H22N4O3/c1-3-22(4-2)11-12-25-18(24)14-5-7-15(8-6-14)21-17(23)16-13-19-9-10-20-16/h5-10,13H,3-4,11-12H2,1-2H3,(H,21,23)/p+1. The zero-order valence-corrected chi connectivity index (χ0v) is 14.5. The number of hydrogen-bond acceptors (Lipinski definition) is 5. The lowest BCUT2D eigenvalue weighted by Gasteiger charge is -2.15. The number of carbonyl (C=O) groups excluding carboxylic acids is 2. The van der Waals surface area contributed by atoms with Gasteiger partial charge in [-0.15, -0.1) is 0 Å². The van der Waals surface area contributed by atoms with Crippen molar-refractivity contribution in [1.29, 1.82) is 0 Å². The number of nitrogens with zero attached hydrogens (tertiary/aromatic N) is 2. The van der Waals surface area contributed by atoms with Crippen LogP contribution in [0.5, 0.6) is 0 Å². The summed E-state index contributed by atoms with van der Waals surface area (Å²) in [7, 11) is 0. The molecule has 1 aromatic carbocycles. The average molecular weight is 343 g/mol. The second-order valence-electron chi connectivity index (χ2n) is 5.47. The molecule has 2 N–H and O–H groups in total. The summed E-state index contributed by atoms with van der Waals surface area (Å²) in [6.07, 6.45) is 4.34. The number of hydrogen-bond donors (Lipinski definition) is 2. The van der Waals surface area contributed by atoms with Gasteiger partial charge in [-0.25, -0.2) is 9.78 Å². The Bertz CT molecular complexity index is 685. The van der Waals surface area contributed by atoms with Gasteiger partial charge in [-0.05, 0) is 38.1 Å². The Kier molecular flexibility index (Phi) is 7.03. The molecule has 0 unspecified atom stereocenters. The molecule has 0 spiro atoms. The highest BCUT2D eigenvalue weighted by molar-refractivity contribution is 6.02. The summed E-state index contributed by atoms with van der Waals surface area (Å²) in [6.45, 7) is 7.41.